The van der Waals surface area contributed by atoms with Crippen molar-refractivity contribution in [3.8, 4) is 0 Å². The second kappa shape index (κ2) is 6.48. The molecule has 0 saturated heterocycles. The Balaban J connectivity index is 2.31. The summed E-state index contributed by atoms with van der Waals surface area (Å²) in [6, 6.07) is 10.3. The van der Waals surface area contributed by atoms with Crippen LogP contribution in [0.5, 0.6) is 0 Å². The summed E-state index contributed by atoms with van der Waals surface area (Å²) >= 11 is 0. The lowest BCUT2D eigenvalue weighted by Crippen LogP contribution is -2.17. The molecule has 1 aromatic carbocycles. The van der Waals surface area contributed by atoms with Gasteiger partial charge in [0.15, 0.2) is 0 Å². The van der Waals surface area contributed by atoms with Crippen LogP contribution in [0.2, 0.25) is 0 Å². The standard InChI is InChI=1S/C16H19FN2O/c1-3-16(20)14-10-9-12(11-18-14)19(4-2)15-8-6-5-7-13(15)17/h5-11,16,20H,3-4H2,1-2H3/t16-/m1/s1. The van der Waals surface area contributed by atoms with E-state index in [9.17, 15) is 9.50 Å². The molecule has 2 aromatic rings. The maximum absolute atomic E-state index is 13.9. The van der Waals surface area contributed by atoms with Crippen LogP contribution in [0, 0.1) is 5.82 Å². The molecule has 0 bridgehead atoms. The molecule has 0 aliphatic heterocycles. The molecule has 0 radical (unpaired) electrons. The monoisotopic (exact) mass is 274 g/mol. The lowest BCUT2D eigenvalue weighted by molar-refractivity contribution is 0.169. The van der Waals surface area contributed by atoms with Gasteiger partial charge in [0.05, 0.1) is 29.4 Å². The van der Waals surface area contributed by atoms with Crippen LogP contribution in [0.25, 0.3) is 0 Å². The van der Waals surface area contributed by atoms with E-state index in [4.69, 9.17) is 0 Å². The Kier molecular flexibility index (Phi) is 4.69. The van der Waals surface area contributed by atoms with Crippen molar-refractivity contribution in [2.45, 2.75) is 26.4 Å². The Bertz CT molecular complexity index is 557. The molecule has 0 aliphatic rings. The molecule has 0 aliphatic carbocycles. The molecule has 0 fully saturated rings. The zero-order chi connectivity index (χ0) is 14.5. The summed E-state index contributed by atoms with van der Waals surface area (Å²) < 4.78 is 13.9. The Hall–Kier alpha value is -1.94. The number of aliphatic hydroxyl groups is 1. The summed E-state index contributed by atoms with van der Waals surface area (Å²) in [6.45, 7) is 4.50. The van der Waals surface area contributed by atoms with Crippen LogP contribution in [-0.4, -0.2) is 16.6 Å². The van der Waals surface area contributed by atoms with Gasteiger partial charge in [-0.15, -0.1) is 0 Å². The minimum absolute atomic E-state index is 0.257. The molecule has 1 N–H and O–H groups in total. The third-order valence-corrected chi connectivity index (χ3v) is 3.27. The molecule has 0 unspecified atom stereocenters. The van der Waals surface area contributed by atoms with E-state index in [0.29, 0.717) is 24.3 Å². The molecule has 20 heavy (non-hydrogen) atoms. The van der Waals surface area contributed by atoms with Crippen LogP contribution in [0.1, 0.15) is 32.1 Å². The van der Waals surface area contributed by atoms with Gasteiger partial charge in [0.2, 0.25) is 0 Å². The van der Waals surface area contributed by atoms with Crippen molar-refractivity contribution in [2.24, 2.45) is 0 Å². The van der Waals surface area contributed by atoms with Crippen LogP contribution < -0.4 is 4.90 Å². The van der Waals surface area contributed by atoms with E-state index in [1.54, 1.807) is 24.4 Å². The Morgan fingerprint density at radius 2 is 1.95 bits per heavy atom. The van der Waals surface area contributed by atoms with Crippen LogP contribution in [0.15, 0.2) is 42.6 Å². The fourth-order valence-electron chi connectivity index (χ4n) is 2.13. The lowest BCUT2D eigenvalue weighted by atomic mass is 10.1. The molecule has 0 spiro atoms. The van der Waals surface area contributed by atoms with E-state index < -0.39 is 6.10 Å². The number of aliphatic hydroxyl groups excluding tert-OH is 1. The highest BCUT2D eigenvalue weighted by atomic mass is 19.1. The van der Waals surface area contributed by atoms with E-state index >= 15 is 0 Å². The van der Waals surface area contributed by atoms with E-state index in [0.717, 1.165) is 5.69 Å². The number of para-hydroxylation sites is 1. The van der Waals surface area contributed by atoms with Crippen molar-refractivity contribution in [1.29, 1.82) is 0 Å². The van der Waals surface area contributed by atoms with E-state index in [2.05, 4.69) is 4.98 Å². The Labute approximate surface area is 118 Å². The van der Waals surface area contributed by atoms with E-state index in [1.807, 2.05) is 30.9 Å². The van der Waals surface area contributed by atoms with Gasteiger partial charge in [-0.2, -0.15) is 0 Å². The van der Waals surface area contributed by atoms with Gasteiger partial charge < -0.3 is 10.0 Å². The van der Waals surface area contributed by atoms with Crippen molar-refractivity contribution >= 4 is 11.4 Å². The minimum atomic E-state index is -0.549. The van der Waals surface area contributed by atoms with Gasteiger partial charge in [0, 0.05) is 6.54 Å². The molecule has 106 valence electrons. The smallest absolute Gasteiger partial charge is 0.146 e. The Morgan fingerprint density at radius 3 is 2.50 bits per heavy atom. The van der Waals surface area contributed by atoms with Crippen LogP contribution >= 0.6 is 0 Å². The molecule has 0 amide bonds. The SMILES string of the molecule is CC[C@@H](O)c1ccc(N(CC)c2ccccc2F)cn1. The number of benzene rings is 1. The number of hydrogen-bond acceptors (Lipinski definition) is 3. The number of rotatable bonds is 5. The molecule has 4 heteroatoms. The van der Waals surface area contributed by atoms with Gasteiger partial charge in [-0.1, -0.05) is 19.1 Å². The largest absolute Gasteiger partial charge is 0.387 e. The maximum Gasteiger partial charge on any atom is 0.146 e. The third kappa shape index (κ3) is 2.96. The highest BCUT2D eigenvalue weighted by molar-refractivity contribution is 5.62. The van der Waals surface area contributed by atoms with Gasteiger partial charge in [-0.05, 0) is 37.6 Å². The first-order valence-electron chi connectivity index (χ1n) is 6.83. The molecule has 3 nitrogen and oxygen atoms in total. The summed E-state index contributed by atoms with van der Waals surface area (Å²) in [5, 5.41) is 9.74. The van der Waals surface area contributed by atoms with Gasteiger partial charge in [-0.25, -0.2) is 4.39 Å². The van der Waals surface area contributed by atoms with E-state index in [1.165, 1.54) is 6.07 Å². The van der Waals surface area contributed by atoms with Gasteiger partial charge in [-0.3, -0.25) is 4.98 Å². The van der Waals surface area contributed by atoms with Crippen molar-refractivity contribution in [3.63, 3.8) is 0 Å². The fraction of sp³-hybridized carbons (Fsp3) is 0.312. The molecule has 1 heterocycles. The summed E-state index contributed by atoms with van der Waals surface area (Å²) in [6.07, 6.45) is 1.74. The van der Waals surface area contributed by atoms with Crippen molar-refractivity contribution < 1.29 is 9.50 Å². The molecule has 1 atom stereocenters. The predicted octanol–water partition coefficient (Wildman–Crippen LogP) is 3.82. The van der Waals surface area contributed by atoms with Crippen molar-refractivity contribution in [2.75, 3.05) is 11.4 Å². The average molecular weight is 274 g/mol. The van der Waals surface area contributed by atoms with Crippen LogP contribution in [0.3, 0.4) is 0 Å². The summed E-state index contributed by atoms with van der Waals surface area (Å²) in [5.41, 5.74) is 1.98. The zero-order valence-corrected chi connectivity index (χ0v) is 11.8. The van der Waals surface area contributed by atoms with Crippen molar-refractivity contribution in [3.05, 3.63) is 54.1 Å². The van der Waals surface area contributed by atoms with E-state index in [-0.39, 0.29) is 5.82 Å². The number of hydrogen-bond donors (Lipinski definition) is 1. The number of halogens is 1. The summed E-state index contributed by atoms with van der Waals surface area (Å²) in [4.78, 5) is 6.11. The minimum Gasteiger partial charge on any atom is -0.387 e. The molecule has 2 rings (SSSR count). The number of aromatic nitrogens is 1. The van der Waals surface area contributed by atoms with Crippen molar-refractivity contribution in [1.82, 2.24) is 4.98 Å². The van der Waals surface area contributed by atoms with Gasteiger partial charge in [0.1, 0.15) is 5.82 Å². The fourth-order valence-corrected chi connectivity index (χ4v) is 2.13. The summed E-state index contributed by atoms with van der Waals surface area (Å²) in [5.74, 6) is -0.257. The second-order valence-corrected chi connectivity index (χ2v) is 4.56. The first kappa shape index (κ1) is 14.5. The topological polar surface area (TPSA) is 36.4 Å². The van der Waals surface area contributed by atoms with Gasteiger partial charge in [0.25, 0.3) is 0 Å². The average Bonchev–Trinajstić information content (AvgIpc) is 2.50. The molecule has 0 saturated carbocycles. The number of pyridine rings is 1. The first-order valence-corrected chi connectivity index (χ1v) is 6.83. The third-order valence-electron chi connectivity index (χ3n) is 3.27. The molecular weight excluding hydrogens is 255 g/mol. The normalized spacial score (nSPS) is 12.2. The maximum atomic E-state index is 13.9. The lowest BCUT2D eigenvalue weighted by Gasteiger charge is -2.23. The molecular formula is C16H19FN2O. The van der Waals surface area contributed by atoms with Gasteiger partial charge >= 0.3 is 0 Å². The quantitative estimate of drug-likeness (QED) is 0.900. The molecule has 1 aromatic heterocycles. The highest BCUT2D eigenvalue weighted by Crippen LogP contribution is 2.27. The van der Waals surface area contributed by atoms with Crippen LogP contribution in [0.4, 0.5) is 15.8 Å². The predicted molar refractivity (Wildman–Crippen MR) is 78.6 cm³/mol. The number of anilines is 2. The second-order valence-electron chi connectivity index (χ2n) is 4.56. The first-order chi connectivity index (χ1) is 9.67. The Morgan fingerprint density at radius 1 is 1.20 bits per heavy atom. The summed E-state index contributed by atoms with van der Waals surface area (Å²) in [7, 11) is 0. The highest BCUT2D eigenvalue weighted by Gasteiger charge is 2.13. The zero-order valence-electron chi connectivity index (χ0n) is 11.8. The number of nitrogens with zero attached hydrogens (tertiary/aromatic N) is 2. The van der Waals surface area contributed by atoms with Crippen LogP contribution in [-0.2, 0) is 0 Å².